The largest absolute Gasteiger partial charge is 0.324 e. The van der Waals surface area contributed by atoms with Crippen molar-refractivity contribution in [2.75, 3.05) is 0 Å². The van der Waals surface area contributed by atoms with Crippen molar-refractivity contribution in [3.8, 4) is 0 Å². The smallest absolute Gasteiger partial charge is 0.126 e. The fraction of sp³-hybridized carbons (Fsp3) is 0.250. The fourth-order valence-corrected chi connectivity index (χ4v) is 2.25. The van der Waals surface area contributed by atoms with E-state index in [1.165, 1.54) is 11.6 Å². The Balaban J connectivity index is 2.15. The van der Waals surface area contributed by atoms with Gasteiger partial charge in [0.05, 0.1) is 0 Å². The molecule has 2 N–H and O–H groups in total. The number of rotatable bonds is 4. The number of hydrogen-bond acceptors (Lipinski definition) is 1. The molecule has 19 heavy (non-hydrogen) atoms. The predicted molar refractivity (Wildman–Crippen MR) is 77.9 cm³/mol. The molecule has 0 aliphatic rings. The van der Waals surface area contributed by atoms with Crippen molar-refractivity contribution in [3.63, 3.8) is 0 Å². The molecule has 0 fully saturated rings. The maximum atomic E-state index is 13.7. The third-order valence-corrected chi connectivity index (χ3v) is 3.50. The normalized spacial score (nSPS) is 12.4. The van der Waals surface area contributed by atoms with Crippen LogP contribution in [0.1, 0.15) is 29.7 Å². The molecule has 0 amide bonds. The molecule has 0 radical (unpaired) electrons. The van der Waals surface area contributed by atoms with Gasteiger partial charge in [-0.3, -0.25) is 0 Å². The number of hydrogen-bond donors (Lipinski definition) is 1. The van der Waals surface area contributed by atoms with Crippen LogP contribution in [0.25, 0.3) is 0 Å². The second-order valence-electron chi connectivity index (χ2n) is 4.64. The molecule has 1 unspecified atom stereocenters. The first-order chi connectivity index (χ1) is 9.10. The molecule has 0 saturated carbocycles. The van der Waals surface area contributed by atoms with Crippen LogP contribution < -0.4 is 5.73 Å². The Kier molecular flexibility index (Phi) is 4.56. The van der Waals surface area contributed by atoms with Crippen molar-refractivity contribution in [2.45, 2.75) is 25.8 Å². The molecule has 0 aliphatic carbocycles. The molecule has 3 heteroatoms. The van der Waals surface area contributed by atoms with Crippen LogP contribution in [-0.4, -0.2) is 0 Å². The van der Waals surface area contributed by atoms with Gasteiger partial charge in [0.1, 0.15) is 5.82 Å². The van der Waals surface area contributed by atoms with Gasteiger partial charge in [0.25, 0.3) is 0 Å². The Hall–Kier alpha value is -1.38. The Labute approximate surface area is 118 Å². The molecule has 0 spiro atoms. The van der Waals surface area contributed by atoms with Crippen molar-refractivity contribution in [2.24, 2.45) is 5.73 Å². The van der Waals surface area contributed by atoms with Crippen LogP contribution in [0.15, 0.2) is 42.5 Å². The summed E-state index contributed by atoms with van der Waals surface area (Å²) in [5.74, 6) is -0.259. The zero-order chi connectivity index (χ0) is 13.8. The zero-order valence-electron chi connectivity index (χ0n) is 10.9. The van der Waals surface area contributed by atoms with Gasteiger partial charge in [0, 0.05) is 11.1 Å². The molecular formula is C16H17ClFN. The predicted octanol–water partition coefficient (Wildman–Crippen LogP) is 4.28. The first-order valence-corrected chi connectivity index (χ1v) is 6.76. The molecule has 0 aliphatic heterocycles. The summed E-state index contributed by atoms with van der Waals surface area (Å²) in [6, 6.07) is 12.5. The molecule has 0 saturated heterocycles. The maximum Gasteiger partial charge on any atom is 0.126 e. The first-order valence-electron chi connectivity index (χ1n) is 6.38. The topological polar surface area (TPSA) is 26.0 Å². The number of benzene rings is 2. The van der Waals surface area contributed by atoms with Gasteiger partial charge < -0.3 is 5.73 Å². The third kappa shape index (κ3) is 3.55. The Bertz CT molecular complexity index is 551. The molecule has 1 atom stereocenters. The second kappa shape index (κ2) is 6.18. The van der Waals surface area contributed by atoms with Gasteiger partial charge in [0.15, 0.2) is 0 Å². The lowest BCUT2D eigenvalue weighted by atomic mass is 9.98. The fourth-order valence-electron chi connectivity index (χ4n) is 2.06. The minimum absolute atomic E-state index is 0.223. The molecule has 2 aromatic carbocycles. The lowest BCUT2D eigenvalue weighted by Gasteiger charge is -2.13. The highest BCUT2D eigenvalue weighted by atomic mass is 35.5. The molecule has 0 bridgehead atoms. The van der Waals surface area contributed by atoms with E-state index in [2.05, 4.69) is 19.1 Å². The van der Waals surface area contributed by atoms with E-state index in [0.29, 0.717) is 17.0 Å². The molecule has 100 valence electrons. The molecular weight excluding hydrogens is 261 g/mol. The van der Waals surface area contributed by atoms with Crippen LogP contribution in [0, 0.1) is 5.82 Å². The SMILES string of the molecule is CCc1ccc(C(N)Cc2cc(Cl)ccc2F)cc1. The van der Waals surface area contributed by atoms with E-state index in [9.17, 15) is 4.39 Å². The maximum absolute atomic E-state index is 13.7. The van der Waals surface area contributed by atoms with Crippen LogP contribution in [-0.2, 0) is 12.8 Å². The van der Waals surface area contributed by atoms with Crippen molar-refractivity contribution in [1.29, 1.82) is 0 Å². The minimum atomic E-state index is -0.259. The summed E-state index contributed by atoms with van der Waals surface area (Å²) in [7, 11) is 0. The zero-order valence-corrected chi connectivity index (χ0v) is 11.6. The number of aryl methyl sites for hydroxylation is 1. The highest BCUT2D eigenvalue weighted by Gasteiger charge is 2.11. The Morgan fingerprint density at radius 1 is 1.16 bits per heavy atom. The molecule has 0 aromatic heterocycles. The molecule has 1 nitrogen and oxygen atoms in total. The second-order valence-corrected chi connectivity index (χ2v) is 5.08. The first kappa shape index (κ1) is 14.0. The average Bonchev–Trinajstić information content (AvgIpc) is 2.43. The van der Waals surface area contributed by atoms with Gasteiger partial charge in [-0.2, -0.15) is 0 Å². The van der Waals surface area contributed by atoms with Crippen molar-refractivity contribution >= 4 is 11.6 Å². The summed E-state index contributed by atoms with van der Waals surface area (Å²) in [5.41, 5.74) is 8.96. The van der Waals surface area contributed by atoms with E-state index in [4.69, 9.17) is 17.3 Å². The third-order valence-electron chi connectivity index (χ3n) is 3.26. The van der Waals surface area contributed by atoms with E-state index in [1.54, 1.807) is 12.1 Å². The molecule has 2 aromatic rings. The average molecular weight is 278 g/mol. The van der Waals surface area contributed by atoms with Gasteiger partial charge >= 0.3 is 0 Å². The summed E-state index contributed by atoms with van der Waals surface area (Å²) < 4.78 is 13.7. The van der Waals surface area contributed by atoms with Gasteiger partial charge in [-0.15, -0.1) is 0 Å². The summed E-state index contributed by atoms with van der Waals surface area (Å²) in [6.45, 7) is 2.11. The van der Waals surface area contributed by atoms with E-state index < -0.39 is 0 Å². The Morgan fingerprint density at radius 2 is 1.84 bits per heavy atom. The monoisotopic (exact) mass is 277 g/mol. The lowest BCUT2D eigenvalue weighted by Crippen LogP contribution is -2.14. The quantitative estimate of drug-likeness (QED) is 0.887. The van der Waals surface area contributed by atoms with Gasteiger partial charge in [-0.25, -0.2) is 4.39 Å². The summed E-state index contributed by atoms with van der Waals surface area (Å²) in [5, 5.41) is 0.532. The Morgan fingerprint density at radius 3 is 2.47 bits per heavy atom. The van der Waals surface area contributed by atoms with Crippen LogP contribution >= 0.6 is 11.6 Å². The van der Waals surface area contributed by atoms with Crippen LogP contribution in [0.5, 0.6) is 0 Å². The van der Waals surface area contributed by atoms with E-state index >= 15 is 0 Å². The lowest BCUT2D eigenvalue weighted by molar-refractivity contribution is 0.593. The summed E-state index contributed by atoms with van der Waals surface area (Å²) in [6.07, 6.45) is 1.44. The highest BCUT2D eigenvalue weighted by Crippen LogP contribution is 2.21. The molecule has 0 heterocycles. The van der Waals surface area contributed by atoms with Crippen molar-refractivity contribution in [3.05, 3.63) is 70.0 Å². The summed E-state index contributed by atoms with van der Waals surface area (Å²) >= 11 is 5.88. The number of halogens is 2. The van der Waals surface area contributed by atoms with Gasteiger partial charge in [-0.05, 0) is 47.7 Å². The van der Waals surface area contributed by atoms with E-state index in [0.717, 1.165) is 12.0 Å². The van der Waals surface area contributed by atoms with E-state index in [-0.39, 0.29) is 11.9 Å². The highest BCUT2D eigenvalue weighted by molar-refractivity contribution is 6.30. The summed E-state index contributed by atoms with van der Waals surface area (Å²) in [4.78, 5) is 0. The minimum Gasteiger partial charge on any atom is -0.324 e. The van der Waals surface area contributed by atoms with Crippen LogP contribution in [0.3, 0.4) is 0 Å². The van der Waals surface area contributed by atoms with Crippen LogP contribution in [0.2, 0.25) is 5.02 Å². The van der Waals surface area contributed by atoms with Gasteiger partial charge in [-0.1, -0.05) is 42.8 Å². The number of nitrogens with two attached hydrogens (primary N) is 1. The van der Waals surface area contributed by atoms with Crippen LogP contribution in [0.4, 0.5) is 4.39 Å². The van der Waals surface area contributed by atoms with Crippen molar-refractivity contribution < 1.29 is 4.39 Å². The molecule has 2 rings (SSSR count). The van der Waals surface area contributed by atoms with E-state index in [1.807, 2.05) is 12.1 Å². The van der Waals surface area contributed by atoms with Gasteiger partial charge in [0.2, 0.25) is 0 Å². The van der Waals surface area contributed by atoms with Crippen molar-refractivity contribution in [1.82, 2.24) is 0 Å². The standard InChI is InChI=1S/C16H17ClFN/c1-2-11-3-5-12(6-4-11)16(19)10-13-9-14(17)7-8-15(13)18/h3-9,16H,2,10,19H2,1H3.